The number of carbonyl (C=O) groups excluding carboxylic acids is 3. The first-order chi connectivity index (χ1) is 18.3. The first kappa shape index (κ1) is 31.6. The lowest BCUT2D eigenvalue weighted by atomic mass is 10.1. The molecule has 0 saturated carbocycles. The molecule has 0 spiro atoms. The average Bonchev–Trinajstić information content (AvgIpc) is 2.92. The minimum atomic E-state index is -3.28. The van der Waals surface area contributed by atoms with Crippen molar-refractivity contribution >= 4 is 25.7 Å². The predicted molar refractivity (Wildman–Crippen MR) is 143 cm³/mol. The molecular formula is C26H42N3O8P. The fraction of sp³-hybridized carbons (Fsp3) is 0.654. The van der Waals surface area contributed by atoms with Gasteiger partial charge in [-0.1, -0.05) is 43.7 Å². The van der Waals surface area contributed by atoms with Crippen LogP contribution in [0, 0.1) is 0 Å². The third-order valence-corrected chi connectivity index (χ3v) is 8.12. The lowest BCUT2D eigenvalue weighted by Crippen LogP contribution is -2.56. The number of alkyl carbamates (subject to hydrolysis) is 1. The number of ether oxygens (including phenoxy) is 2. The molecule has 38 heavy (non-hydrogen) atoms. The molecule has 1 aliphatic rings. The van der Waals surface area contributed by atoms with E-state index in [1.54, 1.807) is 23.6 Å². The van der Waals surface area contributed by atoms with Gasteiger partial charge < -0.3 is 33.6 Å². The molecule has 3 amide bonds. The van der Waals surface area contributed by atoms with Gasteiger partial charge in [0.1, 0.15) is 12.6 Å². The summed E-state index contributed by atoms with van der Waals surface area (Å²) in [5.74, 6) is -0.289. The van der Waals surface area contributed by atoms with E-state index >= 15 is 0 Å². The van der Waals surface area contributed by atoms with Crippen LogP contribution in [0.1, 0.15) is 52.0 Å². The van der Waals surface area contributed by atoms with Crippen molar-refractivity contribution in [3.8, 4) is 0 Å². The minimum Gasteiger partial charge on any atom is -0.449 e. The van der Waals surface area contributed by atoms with Crippen LogP contribution < -0.4 is 5.32 Å². The Morgan fingerprint density at radius 1 is 0.921 bits per heavy atom. The van der Waals surface area contributed by atoms with Gasteiger partial charge in [-0.2, -0.15) is 0 Å². The van der Waals surface area contributed by atoms with Gasteiger partial charge in [0, 0.05) is 26.2 Å². The van der Waals surface area contributed by atoms with E-state index in [1.807, 2.05) is 37.3 Å². The Morgan fingerprint density at radius 3 is 2.16 bits per heavy atom. The zero-order valence-corrected chi connectivity index (χ0v) is 23.7. The smallest absolute Gasteiger partial charge is 0.409 e. The molecule has 0 aliphatic carbocycles. The van der Waals surface area contributed by atoms with E-state index in [0.717, 1.165) is 18.4 Å². The molecule has 1 heterocycles. The van der Waals surface area contributed by atoms with Crippen LogP contribution in [-0.2, 0) is 34.5 Å². The van der Waals surface area contributed by atoms with Crippen molar-refractivity contribution in [1.29, 1.82) is 0 Å². The molecule has 1 aromatic carbocycles. The number of piperazine rings is 1. The number of hydrogen-bond donors (Lipinski definition) is 1. The molecule has 214 valence electrons. The molecule has 0 radical (unpaired) electrons. The number of benzene rings is 1. The van der Waals surface area contributed by atoms with E-state index in [-0.39, 0.29) is 44.4 Å². The Morgan fingerprint density at radius 2 is 1.55 bits per heavy atom. The van der Waals surface area contributed by atoms with Gasteiger partial charge in [-0.15, -0.1) is 0 Å². The number of carbonyl (C=O) groups is 3. The molecule has 0 bridgehead atoms. The van der Waals surface area contributed by atoms with Crippen molar-refractivity contribution in [2.24, 2.45) is 0 Å². The van der Waals surface area contributed by atoms with E-state index in [9.17, 15) is 18.9 Å². The Kier molecular flexibility index (Phi) is 14.2. The number of nitrogens with one attached hydrogen (secondary N) is 1. The maximum absolute atomic E-state index is 13.4. The second-order valence-corrected chi connectivity index (χ2v) is 11.0. The Balaban J connectivity index is 1.98. The van der Waals surface area contributed by atoms with Crippen LogP contribution in [-0.4, -0.2) is 86.1 Å². The number of amides is 3. The second kappa shape index (κ2) is 17.1. The van der Waals surface area contributed by atoms with E-state index in [4.69, 9.17) is 18.5 Å². The topological polar surface area (TPSA) is 124 Å². The van der Waals surface area contributed by atoms with Crippen molar-refractivity contribution in [3.63, 3.8) is 0 Å². The SMILES string of the molecule is CCCCOC(=O)N1CCN(C(=O)[C@H](CCCP(=O)(OCC)OCC)NC(=O)OCc2ccccc2)CC1. The van der Waals surface area contributed by atoms with Gasteiger partial charge in [0.2, 0.25) is 5.91 Å². The van der Waals surface area contributed by atoms with Crippen molar-refractivity contribution < 1.29 is 37.5 Å². The summed E-state index contributed by atoms with van der Waals surface area (Å²) in [5.41, 5.74) is 0.821. The van der Waals surface area contributed by atoms with Crippen molar-refractivity contribution in [2.75, 3.05) is 52.2 Å². The van der Waals surface area contributed by atoms with Crippen LogP contribution in [0.15, 0.2) is 30.3 Å². The second-order valence-electron chi connectivity index (χ2n) is 8.85. The van der Waals surface area contributed by atoms with Crippen LogP contribution in [0.5, 0.6) is 0 Å². The minimum absolute atomic E-state index is 0.0658. The van der Waals surface area contributed by atoms with Crippen LogP contribution in [0.3, 0.4) is 0 Å². The Labute approximate surface area is 225 Å². The van der Waals surface area contributed by atoms with Crippen LogP contribution in [0.4, 0.5) is 9.59 Å². The molecule has 1 atom stereocenters. The zero-order chi connectivity index (χ0) is 27.8. The molecule has 2 rings (SSSR count). The molecule has 12 heteroatoms. The van der Waals surface area contributed by atoms with Gasteiger partial charge in [-0.25, -0.2) is 9.59 Å². The highest BCUT2D eigenvalue weighted by Gasteiger charge is 2.32. The van der Waals surface area contributed by atoms with Crippen molar-refractivity contribution in [3.05, 3.63) is 35.9 Å². The van der Waals surface area contributed by atoms with E-state index in [2.05, 4.69) is 5.32 Å². The highest BCUT2D eigenvalue weighted by molar-refractivity contribution is 7.53. The lowest BCUT2D eigenvalue weighted by molar-refractivity contribution is -0.135. The molecule has 1 aliphatic heterocycles. The normalized spacial score (nSPS) is 14.6. The van der Waals surface area contributed by atoms with Crippen molar-refractivity contribution in [2.45, 2.75) is 59.1 Å². The summed E-state index contributed by atoms with van der Waals surface area (Å²) in [5, 5.41) is 2.67. The highest BCUT2D eigenvalue weighted by Crippen LogP contribution is 2.48. The standard InChI is InChI=1S/C26H42N3O8P/c1-4-7-19-34-26(32)29-17-15-28(16-18-29)24(30)23(14-11-20-38(33,36-5-2)37-6-3)27-25(31)35-21-22-12-9-8-10-13-22/h8-10,12-13,23H,4-7,11,14-21H2,1-3H3,(H,27,31)/t23-/m0/s1. The van der Waals surface area contributed by atoms with Gasteiger partial charge in [0.15, 0.2) is 0 Å². The highest BCUT2D eigenvalue weighted by atomic mass is 31.2. The number of unbranched alkanes of at least 4 members (excludes halogenated alkanes) is 1. The summed E-state index contributed by atoms with van der Waals surface area (Å²) in [4.78, 5) is 41.4. The summed E-state index contributed by atoms with van der Waals surface area (Å²) in [6, 6.07) is 8.34. The van der Waals surface area contributed by atoms with Crippen LogP contribution in [0.25, 0.3) is 0 Å². The monoisotopic (exact) mass is 555 g/mol. The summed E-state index contributed by atoms with van der Waals surface area (Å²) >= 11 is 0. The molecule has 11 nitrogen and oxygen atoms in total. The van der Waals surface area contributed by atoms with Crippen molar-refractivity contribution in [1.82, 2.24) is 15.1 Å². The fourth-order valence-electron chi connectivity index (χ4n) is 3.94. The number of hydrogen-bond acceptors (Lipinski definition) is 8. The quantitative estimate of drug-likeness (QED) is 0.249. The number of nitrogens with zero attached hydrogens (tertiary/aromatic N) is 2. The van der Waals surface area contributed by atoms with Gasteiger partial charge in [0.25, 0.3) is 0 Å². The van der Waals surface area contributed by atoms with E-state index in [1.165, 1.54) is 0 Å². The predicted octanol–water partition coefficient (Wildman–Crippen LogP) is 4.41. The maximum atomic E-state index is 13.4. The lowest BCUT2D eigenvalue weighted by Gasteiger charge is -2.36. The van der Waals surface area contributed by atoms with Gasteiger partial charge in [0.05, 0.1) is 26.0 Å². The van der Waals surface area contributed by atoms with Gasteiger partial charge in [-0.3, -0.25) is 9.36 Å². The Bertz CT molecular complexity index is 899. The number of rotatable bonds is 15. The summed E-state index contributed by atoms with van der Waals surface area (Å²) < 4.78 is 34.1. The van der Waals surface area contributed by atoms with Gasteiger partial charge in [-0.05, 0) is 38.7 Å². The molecular weight excluding hydrogens is 513 g/mol. The zero-order valence-electron chi connectivity index (χ0n) is 22.8. The third kappa shape index (κ3) is 11.0. The maximum Gasteiger partial charge on any atom is 0.409 e. The van der Waals surface area contributed by atoms with Crippen LogP contribution >= 0.6 is 7.60 Å². The molecule has 1 N–H and O–H groups in total. The first-order valence-electron chi connectivity index (χ1n) is 13.4. The summed E-state index contributed by atoms with van der Waals surface area (Å²) in [6.45, 7) is 7.73. The summed E-state index contributed by atoms with van der Waals surface area (Å²) in [6.07, 6.45) is 1.31. The van der Waals surface area contributed by atoms with E-state index in [0.29, 0.717) is 39.2 Å². The van der Waals surface area contributed by atoms with E-state index < -0.39 is 19.7 Å². The third-order valence-electron chi connectivity index (χ3n) is 5.95. The molecule has 0 unspecified atom stereocenters. The molecule has 0 aromatic heterocycles. The average molecular weight is 556 g/mol. The summed E-state index contributed by atoms with van der Waals surface area (Å²) in [7, 11) is -3.28. The Hall–Kier alpha value is -2.62. The molecule has 1 saturated heterocycles. The van der Waals surface area contributed by atoms with Crippen LogP contribution in [0.2, 0.25) is 0 Å². The molecule has 1 fully saturated rings. The fourth-order valence-corrected chi connectivity index (χ4v) is 5.63. The molecule has 1 aromatic rings. The van der Waals surface area contributed by atoms with Gasteiger partial charge >= 0.3 is 19.8 Å². The first-order valence-corrected chi connectivity index (χ1v) is 15.1. The largest absolute Gasteiger partial charge is 0.449 e.